The van der Waals surface area contributed by atoms with Gasteiger partial charge in [-0.25, -0.2) is 16.4 Å². The van der Waals surface area contributed by atoms with E-state index >= 15 is 0 Å². The van der Waals surface area contributed by atoms with Gasteiger partial charge in [-0.05, 0) is 47.5 Å². The molecule has 20 nitrogen and oxygen atoms in total. The molecule has 6 rings (SSSR count). The number of nitrogens with one attached hydrogen (secondary N) is 4. The van der Waals surface area contributed by atoms with Gasteiger partial charge in [0.15, 0.2) is 72.9 Å². The Morgan fingerprint density at radius 2 is 0.906 bits per heavy atom. The number of carbonyl (C=O) groups is 4. The molecule has 0 bridgehead atoms. The third-order valence-electron chi connectivity index (χ3n) is 8.99. The summed E-state index contributed by atoms with van der Waals surface area (Å²) in [5.74, 6) is -5.66. The number of fused-ring (bicyclic) bond motifs is 3. The number of hydrogen-bond acceptors (Lipinski definition) is 16. The van der Waals surface area contributed by atoms with E-state index in [0.29, 0.717) is 6.54 Å². The van der Waals surface area contributed by atoms with Gasteiger partial charge in [-0.15, -0.1) is 0 Å². The van der Waals surface area contributed by atoms with Crippen molar-refractivity contribution in [1.29, 1.82) is 0 Å². The summed E-state index contributed by atoms with van der Waals surface area (Å²) in [5, 5.41) is 2.80. The zero-order valence-electron chi connectivity index (χ0n) is 31.7. The molecule has 6 aliphatic rings. The average molecular weight is 761 g/mol. The molecule has 4 N–H and O–H groups in total. The van der Waals surface area contributed by atoms with Crippen molar-refractivity contribution >= 4 is 23.6 Å². The second-order valence-electron chi connectivity index (χ2n) is 16.6. The molecule has 300 valence electrons. The third-order valence-corrected chi connectivity index (χ3v) is 8.99. The van der Waals surface area contributed by atoms with E-state index in [4.69, 9.17) is 57.1 Å². The summed E-state index contributed by atoms with van der Waals surface area (Å²) in [4.78, 5) is 70.3. The van der Waals surface area contributed by atoms with Crippen LogP contribution < -0.4 is 21.8 Å². The lowest BCUT2D eigenvalue weighted by atomic mass is 9.96. The molecule has 6 fully saturated rings. The summed E-state index contributed by atoms with van der Waals surface area (Å²) in [6.45, 7) is 19.3. The smallest absolute Gasteiger partial charge is 0.275 e. The van der Waals surface area contributed by atoms with Gasteiger partial charge in [-0.3, -0.25) is 33.7 Å². The fourth-order valence-corrected chi connectivity index (χ4v) is 6.51. The minimum Gasteiger partial charge on any atom is -0.353 e. The van der Waals surface area contributed by atoms with E-state index in [-0.39, 0.29) is 5.92 Å². The van der Waals surface area contributed by atoms with Crippen LogP contribution in [0, 0.1) is 11.3 Å². The van der Waals surface area contributed by atoms with Crippen molar-refractivity contribution in [1.82, 2.24) is 21.8 Å². The van der Waals surface area contributed by atoms with Crippen LogP contribution in [0.15, 0.2) is 0 Å². The molecular formula is C33H52N4O16. The maximum atomic E-state index is 13.7. The zero-order valence-corrected chi connectivity index (χ0v) is 31.7. The van der Waals surface area contributed by atoms with Crippen molar-refractivity contribution in [2.24, 2.45) is 11.3 Å². The zero-order chi connectivity index (χ0) is 38.8. The molecule has 53 heavy (non-hydrogen) atoms. The van der Waals surface area contributed by atoms with E-state index < -0.39 is 120 Å². The van der Waals surface area contributed by atoms with Crippen molar-refractivity contribution in [3.63, 3.8) is 0 Å². The first-order chi connectivity index (χ1) is 24.5. The summed E-state index contributed by atoms with van der Waals surface area (Å²) in [6.07, 6.45) is -13.4. The van der Waals surface area contributed by atoms with Gasteiger partial charge in [-0.2, -0.15) is 0 Å². The average Bonchev–Trinajstić information content (AvgIpc) is 3.83. The maximum absolute atomic E-state index is 13.7. The topological polar surface area (TPSA) is 227 Å². The van der Waals surface area contributed by atoms with E-state index in [1.165, 1.54) is 0 Å². The second kappa shape index (κ2) is 14.5. The summed E-state index contributed by atoms with van der Waals surface area (Å²) in [5.41, 5.74) is 6.23. The van der Waals surface area contributed by atoms with E-state index in [1.807, 2.05) is 13.8 Å². The van der Waals surface area contributed by atoms with E-state index in [0.717, 1.165) is 0 Å². The molecule has 0 unspecified atom stereocenters. The lowest BCUT2D eigenvalue weighted by Crippen LogP contribution is -2.53. The predicted molar refractivity (Wildman–Crippen MR) is 172 cm³/mol. The maximum Gasteiger partial charge on any atom is 0.275 e. The normalized spacial score (nSPS) is 39.0. The highest BCUT2D eigenvalue weighted by atomic mass is 16.9. The summed E-state index contributed by atoms with van der Waals surface area (Å²) < 4.78 is 52.9. The molecule has 6 heterocycles. The first-order valence-electron chi connectivity index (χ1n) is 17.7. The molecule has 20 heteroatoms. The van der Waals surface area contributed by atoms with Gasteiger partial charge in [0.05, 0.1) is 0 Å². The Labute approximate surface area is 306 Å². The van der Waals surface area contributed by atoms with Gasteiger partial charge in [-0.1, -0.05) is 34.6 Å². The highest BCUT2D eigenvalue weighted by Gasteiger charge is 2.62. The van der Waals surface area contributed by atoms with Gasteiger partial charge in [0.25, 0.3) is 17.7 Å². The van der Waals surface area contributed by atoms with Crippen molar-refractivity contribution in [3.05, 3.63) is 0 Å². The molecule has 0 aromatic heterocycles. The van der Waals surface area contributed by atoms with Gasteiger partial charge >= 0.3 is 0 Å². The van der Waals surface area contributed by atoms with Crippen LogP contribution in [-0.4, -0.2) is 121 Å². The molecule has 0 aromatic rings. The molecule has 6 saturated heterocycles. The van der Waals surface area contributed by atoms with Crippen LogP contribution in [0.1, 0.15) is 76.2 Å². The van der Waals surface area contributed by atoms with Crippen molar-refractivity contribution in [3.8, 4) is 0 Å². The largest absolute Gasteiger partial charge is 0.353 e. The van der Waals surface area contributed by atoms with Crippen molar-refractivity contribution in [2.75, 3.05) is 6.54 Å². The fourth-order valence-electron chi connectivity index (χ4n) is 6.51. The summed E-state index contributed by atoms with van der Waals surface area (Å²) in [7, 11) is 0. The van der Waals surface area contributed by atoms with Crippen LogP contribution in [0.5, 0.6) is 0 Å². The molecule has 0 spiro atoms. The Morgan fingerprint density at radius 1 is 0.566 bits per heavy atom. The highest BCUT2D eigenvalue weighted by molar-refractivity contribution is 5.83. The van der Waals surface area contributed by atoms with Crippen LogP contribution in [0.4, 0.5) is 0 Å². The van der Waals surface area contributed by atoms with Gasteiger partial charge < -0.3 is 47.9 Å². The number of carbonyl (C=O) groups excluding carboxylic acids is 4. The van der Waals surface area contributed by atoms with Crippen LogP contribution in [0.2, 0.25) is 0 Å². The van der Waals surface area contributed by atoms with Crippen LogP contribution in [-0.2, 0) is 76.3 Å². The quantitative estimate of drug-likeness (QED) is 0.198. The number of amides is 4. The van der Waals surface area contributed by atoms with Crippen LogP contribution in [0.25, 0.3) is 0 Å². The molecule has 6 aliphatic heterocycles. The molecular weight excluding hydrogens is 708 g/mol. The van der Waals surface area contributed by atoms with E-state index in [9.17, 15) is 19.2 Å². The Bertz CT molecular complexity index is 1420. The van der Waals surface area contributed by atoms with Crippen molar-refractivity contribution < 1.29 is 76.3 Å². The monoisotopic (exact) mass is 760 g/mol. The second-order valence-corrected chi connectivity index (χ2v) is 16.6. The molecule has 0 saturated carbocycles. The SMILES string of the molecule is CC(C)CNC(=O)[C@H]1O[C@@H]2OC(C)(C)O[C@@H]2[C@@H]1ONC(=O)[C@H]1O[C@@H]2OC(C)(C)O[C@@H]2[C@@H]1ONC(=O)[C@H]1O[C@@H]2OC(C)(C)O[C@@H]2[C@@H]1ONC(=O)C(C)(C)C. The Hall–Kier alpha value is -2.60. The number of ether oxygens (including phenoxy) is 9. The van der Waals surface area contributed by atoms with Gasteiger partial charge in [0.2, 0.25) is 5.91 Å². The number of hydrogen-bond donors (Lipinski definition) is 4. The van der Waals surface area contributed by atoms with Crippen molar-refractivity contribution in [2.45, 2.75) is 167 Å². The Morgan fingerprint density at radius 3 is 1.25 bits per heavy atom. The first kappa shape index (κ1) is 40.1. The molecule has 0 radical (unpaired) electrons. The number of hydroxylamine groups is 3. The highest BCUT2D eigenvalue weighted by Crippen LogP contribution is 2.41. The minimum absolute atomic E-state index is 0.164. The molecule has 12 atom stereocenters. The predicted octanol–water partition coefficient (Wildman–Crippen LogP) is -0.317. The Balaban J connectivity index is 1.13. The first-order valence-corrected chi connectivity index (χ1v) is 17.7. The molecule has 0 aromatic carbocycles. The third kappa shape index (κ3) is 8.63. The summed E-state index contributed by atoms with van der Waals surface area (Å²) in [6, 6.07) is 0. The minimum atomic E-state index is -1.46. The number of rotatable bonds is 11. The Kier molecular flexibility index (Phi) is 10.9. The van der Waals surface area contributed by atoms with Gasteiger partial charge in [0, 0.05) is 12.0 Å². The van der Waals surface area contributed by atoms with E-state index in [1.54, 1.807) is 62.3 Å². The standard InChI is InChI=1S/C33H52N4O16/c1-13(2)12-34-23(38)17-14(20-26(42-17)48-31(6,7)45-20)51-35-24(39)18-15(21-27(43-18)49-32(8,9)46-21)52-36-25(40)19-16(53-37-29(41)30(3,4)5)22-28(44-19)50-33(10,11)47-22/h13-22,26-28H,12H2,1-11H3,(H,34,38)(H,35,39)(H,36,40)(H,37,41)/t14-,15-,16-,17+,18+,19+,20-,21-,22-,26-,27-,28-/m1/s1. The molecule has 4 amide bonds. The lowest BCUT2D eigenvalue weighted by Gasteiger charge is -2.28. The van der Waals surface area contributed by atoms with Gasteiger partial charge in [0.1, 0.15) is 18.3 Å². The van der Waals surface area contributed by atoms with E-state index in [2.05, 4.69) is 21.8 Å². The van der Waals surface area contributed by atoms with Crippen LogP contribution >= 0.6 is 0 Å². The lowest BCUT2D eigenvalue weighted by molar-refractivity contribution is -0.234. The summed E-state index contributed by atoms with van der Waals surface area (Å²) >= 11 is 0. The molecule has 0 aliphatic carbocycles. The van der Waals surface area contributed by atoms with Crippen LogP contribution in [0.3, 0.4) is 0 Å². The fraction of sp³-hybridized carbons (Fsp3) is 0.879.